The van der Waals surface area contributed by atoms with E-state index in [-0.39, 0.29) is 0 Å². The summed E-state index contributed by atoms with van der Waals surface area (Å²) < 4.78 is 1.10. The standard InChI is InChI=1S/C28H19Cl.C22H15Cl.C20H15Br.2C20H15Cl.C15H13Cl.C7H8/c29-22-17-14-20(15-18-22)16-19-25-23-10-4-6-12-26(23)28(21-8-2-1-3-9-21)27-13-7-5-11-24(25)27;23-22-20-12-6-4-10-17(20)19(18-11-5-7-13-21(18)22)15-14-16-8-2-1-3-9-16;21-19-13-11-16(12-14-19)15-20(17-7-3-1-4-8-17)18-9-5-2-6-10-18;21-19-13-11-18(12-14-19)20(17-9-5-2-6-10-17)15-16-7-3-1-4-8-16;21-20-14-12-19(13-15-20)18-10-8-17(9-11-18)7-6-16-4-2-1-3-5-16;1-12-2-4-13(5-3-12)6-7-14-8-10-15(16)11-9-14;1-7-5-3-2-4-6-7/h1-19H;1-15H;3*1-15H;2-11H,1H3;2-6H,1H3/b19-16+;15-14+;;;2*7-6+;. The average Bonchev–Trinajstić information content (AvgIpc) is 0.753. The molecule has 0 aromatic heterocycles. The van der Waals surface area contributed by atoms with Crippen molar-refractivity contribution in [3.8, 4) is 22.3 Å². The van der Waals surface area contributed by atoms with Crippen LogP contribution >= 0.6 is 73.9 Å². The number of fused-ring (bicyclic) bond motifs is 4. The van der Waals surface area contributed by atoms with Gasteiger partial charge in [0.05, 0.1) is 5.02 Å². The molecule has 0 aliphatic carbocycles. The molecule has 0 spiro atoms. The zero-order chi connectivity index (χ0) is 95.3. The fourth-order valence-corrected chi connectivity index (χ4v) is 16.9. The summed E-state index contributed by atoms with van der Waals surface area (Å²) in [6.45, 7) is 4.17. The molecule has 0 unspecified atom stereocenters. The van der Waals surface area contributed by atoms with Crippen molar-refractivity contribution in [2.24, 2.45) is 0 Å². The Labute approximate surface area is 845 Å². The highest BCUT2D eigenvalue weighted by atomic mass is 79.9. The molecule has 0 bridgehead atoms. The second-order valence-corrected chi connectivity index (χ2v) is 35.7. The van der Waals surface area contributed by atoms with Gasteiger partial charge in [0, 0.05) is 35.3 Å². The summed E-state index contributed by atoms with van der Waals surface area (Å²) in [6.07, 6.45) is 21.6. The SMILES string of the molecule is Brc1ccc(C=C(c2ccccc2)c2ccccc2)cc1.Cc1ccc(/C=C/c2ccc(Cl)cc2)cc1.Cc1ccccc1.Clc1c2ccccc2c(/C=C/c2ccccc2)c2ccccc12.Clc1ccc(-c2ccc(/C=C/c3ccccc3)cc2)cc1.Clc1ccc(/C=C/c2c3ccccc3c(-c3ccccc3)c3ccccc23)cc1.Clc1ccc(C(=Cc2ccccc2)c2ccccc2)cc1. The number of benzene rings is 21. The molecule has 0 aliphatic heterocycles. The maximum Gasteiger partial charge on any atom is 0.0563 e. The quantitative estimate of drug-likeness (QED) is 0.0668. The van der Waals surface area contributed by atoms with E-state index < -0.39 is 0 Å². The van der Waals surface area contributed by atoms with Crippen LogP contribution in [0.2, 0.25) is 25.1 Å². The van der Waals surface area contributed by atoms with E-state index in [0.717, 1.165) is 57.0 Å². The van der Waals surface area contributed by atoms with Crippen LogP contribution in [0.25, 0.3) is 137 Å². The molecule has 0 atom stereocenters. The molecule has 0 saturated carbocycles. The van der Waals surface area contributed by atoms with E-state index in [4.69, 9.17) is 58.0 Å². The molecule has 0 radical (unpaired) electrons. The van der Waals surface area contributed by atoms with E-state index in [2.05, 4.69) is 436 Å². The van der Waals surface area contributed by atoms with Crippen molar-refractivity contribution in [3.05, 3.63) is 628 Å². The molecule has 0 nitrogen and oxygen atoms in total. The van der Waals surface area contributed by atoms with Crippen LogP contribution in [-0.2, 0) is 0 Å². The molecule has 21 aromatic carbocycles. The Kier molecular flexibility index (Phi) is 36.1. The smallest absolute Gasteiger partial charge is 0.0563 e. The summed E-state index contributed by atoms with van der Waals surface area (Å²) in [5.41, 5.74) is 26.7. The van der Waals surface area contributed by atoms with Gasteiger partial charge in [-0.2, -0.15) is 0 Å². The topological polar surface area (TPSA) is 0 Å². The van der Waals surface area contributed by atoms with Crippen molar-refractivity contribution < 1.29 is 0 Å². The predicted molar refractivity (Wildman–Crippen MR) is 609 cm³/mol. The summed E-state index contributed by atoms with van der Waals surface area (Å²) in [7, 11) is 0. The van der Waals surface area contributed by atoms with Crippen molar-refractivity contribution >= 4 is 189 Å². The molecule has 670 valence electrons. The summed E-state index contributed by atoms with van der Waals surface area (Å²) in [5, 5.41) is 13.5. The molecule has 6 heteroatoms. The first kappa shape index (κ1) is 97.6. The van der Waals surface area contributed by atoms with Crippen LogP contribution in [0.4, 0.5) is 0 Å². The molecule has 0 N–H and O–H groups in total. The van der Waals surface area contributed by atoms with Crippen LogP contribution in [0.5, 0.6) is 0 Å². The lowest BCUT2D eigenvalue weighted by atomic mass is 9.88. The number of aryl methyl sites for hydroxylation is 2. The molecular weight excluding hydrogens is 1840 g/mol. The molecule has 0 aliphatic rings. The van der Waals surface area contributed by atoms with Crippen molar-refractivity contribution in [2.45, 2.75) is 13.8 Å². The minimum atomic E-state index is 0.755. The van der Waals surface area contributed by atoms with Gasteiger partial charge in [-0.15, -0.1) is 0 Å². The zero-order valence-electron chi connectivity index (χ0n) is 76.5. The van der Waals surface area contributed by atoms with E-state index >= 15 is 0 Å². The third kappa shape index (κ3) is 28.6. The highest BCUT2D eigenvalue weighted by Gasteiger charge is 2.16. The van der Waals surface area contributed by atoms with Gasteiger partial charge < -0.3 is 0 Å². The Balaban J connectivity index is 0.000000125. The molecule has 0 amide bonds. The molecule has 0 heterocycles. The van der Waals surface area contributed by atoms with Gasteiger partial charge in [-0.1, -0.05) is 583 Å². The Morgan fingerprint density at radius 3 is 0.754 bits per heavy atom. The summed E-state index contributed by atoms with van der Waals surface area (Å²) in [5.74, 6) is 0. The highest BCUT2D eigenvalue weighted by molar-refractivity contribution is 9.10. The largest absolute Gasteiger partial charge is 0.0843 e. The normalized spacial score (nSPS) is 11.0. The molecule has 138 heavy (non-hydrogen) atoms. The van der Waals surface area contributed by atoms with Gasteiger partial charge in [0.15, 0.2) is 0 Å². The highest BCUT2D eigenvalue weighted by Crippen LogP contribution is 2.42. The lowest BCUT2D eigenvalue weighted by molar-refractivity contribution is 1.46. The first-order valence-electron chi connectivity index (χ1n) is 45.8. The van der Waals surface area contributed by atoms with Crippen molar-refractivity contribution in [2.75, 3.05) is 0 Å². The van der Waals surface area contributed by atoms with Crippen LogP contribution in [0.1, 0.15) is 89.0 Å². The van der Waals surface area contributed by atoms with Crippen molar-refractivity contribution in [1.82, 2.24) is 0 Å². The molecule has 0 saturated heterocycles. The van der Waals surface area contributed by atoms with E-state index in [1.807, 2.05) is 164 Å². The van der Waals surface area contributed by atoms with Gasteiger partial charge in [0.2, 0.25) is 0 Å². The third-order valence-electron chi connectivity index (χ3n) is 22.9. The average molecular weight is 1940 g/mol. The van der Waals surface area contributed by atoms with Crippen LogP contribution in [0, 0.1) is 13.8 Å². The van der Waals surface area contributed by atoms with Crippen molar-refractivity contribution in [3.63, 3.8) is 0 Å². The predicted octanol–water partition coefficient (Wildman–Crippen LogP) is 40.3. The first-order chi connectivity index (χ1) is 67.7. The molecule has 21 aromatic rings. The first-order valence-corrected chi connectivity index (χ1v) is 48.5. The van der Waals surface area contributed by atoms with Crippen LogP contribution in [0.3, 0.4) is 0 Å². The Morgan fingerprint density at radius 2 is 0.406 bits per heavy atom. The number of rotatable bonds is 16. The monoisotopic (exact) mass is 1940 g/mol. The van der Waals surface area contributed by atoms with E-state index in [1.54, 1.807) is 0 Å². The molecular formula is C132H100BrCl5. The summed E-state index contributed by atoms with van der Waals surface area (Å²) >= 11 is 33.9. The minimum absolute atomic E-state index is 0.755. The van der Waals surface area contributed by atoms with Crippen LogP contribution < -0.4 is 0 Å². The van der Waals surface area contributed by atoms with Crippen LogP contribution in [-0.4, -0.2) is 0 Å². The van der Waals surface area contributed by atoms with E-state index in [1.165, 1.54) is 138 Å². The second-order valence-electron chi connectivity index (χ2n) is 32.7. The fraction of sp³-hybridized carbons (Fsp3) is 0.0152. The van der Waals surface area contributed by atoms with Gasteiger partial charge in [-0.25, -0.2) is 0 Å². The lowest BCUT2D eigenvalue weighted by Gasteiger charge is -2.15. The Bertz CT molecular complexity index is 7400. The maximum atomic E-state index is 6.64. The third-order valence-corrected chi connectivity index (χ3v) is 24.9. The van der Waals surface area contributed by atoms with E-state index in [0.29, 0.717) is 0 Å². The summed E-state index contributed by atoms with van der Waals surface area (Å²) in [6, 6.07) is 174. The lowest BCUT2D eigenvalue weighted by Crippen LogP contribution is -1.89. The van der Waals surface area contributed by atoms with Crippen LogP contribution in [0.15, 0.2) is 514 Å². The van der Waals surface area contributed by atoms with Crippen molar-refractivity contribution in [1.29, 1.82) is 0 Å². The Hall–Kier alpha value is -15.0. The molecule has 21 rings (SSSR count). The van der Waals surface area contributed by atoms with Gasteiger partial charge in [0.1, 0.15) is 0 Å². The number of hydrogen-bond acceptors (Lipinski definition) is 0. The Morgan fingerprint density at radius 1 is 0.181 bits per heavy atom. The fourth-order valence-electron chi connectivity index (χ4n) is 15.8. The molecule has 0 fully saturated rings. The van der Waals surface area contributed by atoms with Gasteiger partial charge >= 0.3 is 0 Å². The maximum absolute atomic E-state index is 6.64. The number of halogens is 6. The van der Waals surface area contributed by atoms with Gasteiger partial charge in [-0.05, 0) is 230 Å². The summed E-state index contributed by atoms with van der Waals surface area (Å²) in [4.78, 5) is 0. The second kappa shape index (κ2) is 51.1. The van der Waals surface area contributed by atoms with E-state index in [9.17, 15) is 0 Å². The number of hydrogen-bond donors (Lipinski definition) is 0. The zero-order valence-corrected chi connectivity index (χ0v) is 81.9. The minimum Gasteiger partial charge on any atom is -0.0843 e. The van der Waals surface area contributed by atoms with Gasteiger partial charge in [-0.3, -0.25) is 0 Å². The van der Waals surface area contributed by atoms with Gasteiger partial charge in [0.25, 0.3) is 0 Å².